The number of carboxylic acids is 1. The van der Waals surface area contributed by atoms with Crippen LogP contribution in [0.5, 0.6) is 5.75 Å². The third-order valence-electron chi connectivity index (χ3n) is 2.40. The Morgan fingerprint density at radius 3 is 2.72 bits per heavy atom. The molecule has 0 spiro atoms. The standard InChI is InChI=1S/C11H14N2O5/c1-7-3-4-8(5-9(7)13(16)17)18-6-11(2,12)10(14)15/h3-5H,6,12H2,1-2H3,(H,14,15). The Labute approximate surface area is 103 Å². The summed E-state index contributed by atoms with van der Waals surface area (Å²) in [6.45, 7) is 2.63. The molecule has 0 amide bonds. The zero-order valence-electron chi connectivity index (χ0n) is 10.0. The molecule has 1 aromatic rings. The lowest BCUT2D eigenvalue weighted by atomic mass is 10.1. The summed E-state index contributed by atoms with van der Waals surface area (Å²) in [7, 11) is 0. The van der Waals surface area contributed by atoms with Gasteiger partial charge in [0, 0.05) is 5.56 Å². The number of ether oxygens (including phenoxy) is 1. The Hall–Kier alpha value is -2.15. The third kappa shape index (κ3) is 3.17. The summed E-state index contributed by atoms with van der Waals surface area (Å²) in [6, 6.07) is 4.30. The largest absolute Gasteiger partial charge is 0.491 e. The van der Waals surface area contributed by atoms with Gasteiger partial charge in [0.1, 0.15) is 17.9 Å². The van der Waals surface area contributed by atoms with Crippen LogP contribution in [0.15, 0.2) is 18.2 Å². The van der Waals surface area contributed by atoms with E-state index < -0.39 is 16.4 Å². The Kier molecular flexibility index (Phi) is 3.87. The van der Waals surface area contributed by atoms with E-state index in [9.17, 15) is 14.9 Å². The number of hydrogen-bond donors (Lipinski definition) is 2. The molecule has 98 valence electrons. The van der Waals surface area contributed by atoms with E-state index in [4.69, 9.17) is 15.6 Å². The van der Waals surface area contributed by atoms with Gasteiger partial charge in [-0.05, 0) is 26.0 Å². The monoisotopic (exact) mass is 254 g/mol. The summed E-state index contributed by atoms with van der Waals surface area (Å²) in [5, 5.41) is 19.5. The lowest BCUT2D eigenvalue weighted by molar-refractivity contribution is -0.385. The minimum Gasteiger partial charge on any atom is -0.491 e. The smallest absolute Gasteiger partial charge is 0.326 e. The highest BCUT2D eigenvalue weighted by Gasteiger charge is 2.29. The molecule has 1 aromatic carbocycles. The van der Waals surface area contributed by atoms with Gasteiger partial charge in [-0.15, -0.1) is 0 Å². The summed E-state index contributed by atoms with van der Waals surface area (Å²) >= 11 is 0. The number of carbonyl (C=O) groups is 1. The van der Waals surface area contributed by atoms with Gasteiger partial charge >= 0.3 is 5.97 Å². The number of aliphatic carboxylic acids is 1. The number of nitro benzene ring substituents is 1. The first-order chi connectivity index (χ1) is 8.24. The number of aryl methyl sites for hydroxylation is 1. The van der Waals surface area contributed by atoms with Crippen molar-refractivity contribution in [3.8, 4) is 5.75 Å². The molecule has 3 N–H and O–H groups in total. The van der Waals surface area contributed by atoms with E-state index in [0.717, 1.165) is 0 Å². The van der Waals surface area contributed by atoms with Crippen molar-refractivity contribution in [3.63, 3.8) is 0 Å². The van der Waals surface area contributed by atoms with Crippen LogP contribution < -0.4 is 10.5 Å². The number of nitrogens with zero attached hydrogens (tertiary/aromatic N) is 1. The predicted octanol–water partition coefficient (Wildman–Crippen LogP) is 1.08. The van der Waals surface area contributed by atoms with E-state index in [0.29, 0.717) is 5.56 Å². The first kappa shape index (κ1) is 13.9. The van der Waals surface area contributed by atoms with Crippen molar-refractivity contribution in [3.05, 3.63) is 33.9 Å². The molecule has 0 saturated heterocycles. The van der Waals surface area contributed by atoms with Crippen LogP contribution in [0.4, 0.5) is 5.69 Å². The van der Waals surface area contributed by atoms with Crippen molar-refractivity contribution in [1.29, 1.82) is 0 Å². The summed E-state index contributed by atoms with van der Waals surface area (Å²) in [5.41, 5.74) is 4.35. The molecule has 0 aromatic heterocycles. The second-order valence-electron chi connectivity index (χ2n) is 4.22. The molecule has 0 heterocycles. The number of carboxylic acid groups (broad SMARTS) is 1. The molecule has 0 aliphatic rings. The van der Waals surface area contributed by atoms with Crippen molar-refractivity contribution in [1.82, 2.24) is 0 Å². The van der Waals surface area contributed by atoms with Gasteiger partial charge < -0.3 is 15.6 Å². The maximum absolute atomic E-state index is 10.8. The van der Waals surface area contributed by atoms with Crippen LogP contribution in [0.3, 0.4) is 0 Å². The van der Waals surface area contributed by atoms with E-state index >= 15 is 0 Å². The van der Waals surface area contributed by atoms with Crippen LogP contribution >= 0.6 is 0 Å². The molecular formula is C11H14N2O5. The van der Waals surface area contributed by atoms with Gasteiger partial charge in [0.05, 0.1) is 11.0 Å². The Balaban J connectivity index is 2.84. The van der Waals surface area contributed by atoms with Gasteiger partial charge in [-0.1, -0.05) is 0 Å². The highest BCUT2D eigenvalue weighted by molar-refractivity contribution is 5.78. The molecule has 0 fully saturated rings. The number of rotatable bonds is 5. The van der Waals surface area contributed by atoms with Crippen molar-refractivity contribution in [2.24, 2.45) is 5.73 Å². The van der Waals surface area contributed by atoms with Gasteiger partial charge in [0.2, 0.25) is 0 Å². The zero-order valence-corrected chi connectivity index (χ0v) is 10.0. The number of nitro groups is 1. The predicted molar refractivity (Wildman–Crippen MR) is 63.6 cm³/mol. The molecule has 1 atom stereocenters. The number of nitrogens with two attached hydrogens (primary N) is 1. The van der Waals surface area contributed by atoms with Gasteiger partial charge in [0.25, 0.3) is 5.69 Å². The van der Waals surface area contributed by atoms with E-state index in [1.165, 1.54) is 25.1 Å². The molecule has 7 heteroatoms. The van der Waals surface area contributed by atoms with Crippen molar-refractivity contribution in [2.45, 2.75) is 19.4 Å². The number of hydrogen-bond acceptors (Lipinski definition) is 5. The molecular weight excluding hydrogens is 240 g/mol. The van der Waals surface area contributed by atoms with Crippen LogP contribution in [0.25, 0.3) is 0 Å². The number of benzene rings is 1. The Morgan fingerprint density at radius 2 is 2.22 bits per heavy atom. The van der Waals surface area contributed by atoms with Crippen LogP contribution in [0.2, 0.25) is 0 Å². The van der Waals surface area contributed by atoms with Crippen molar-refractivity contribution < 1.29 is 19.6 Å². The molecule has 18 heavy (non-hydrogen) atoms. The molecule has 7 nitrogen and oxygen atoms in total. The van der Waals surface area contributed by atoms with Crippen molar-refractivity contribution >= 4 is 11.7 Å². The first-order valence-electron chi connectivity index (χ1n) is 5.14. The summed E-state index contributed by atoms with van der Waals surface area (Å²) in [5.74, 6) is -0.991. The van der Waals surface area contributed by atoms with Gasteiger partial charge in [-0.2, -0.15) is 0 Å². The van der Waals surface area contributed by atoms with Gasteiger partial charge in [-0.25, -0.2) is 0 Å². The lowest BCUT2D eigenvalue weighted by Crippen LogP contribution is -2.49. The highest BCUT2D eigenvalue weighted by Crippen LogP contribution is 2.24. The topological polar surface area (TPSA) is 116 Å². The van der Waals surface area contributed by atoms with E-state index in [2.05, 4.69) is 0 Å². The van der Waals surface area contributed by atoms with Crippen LogP contribution in [0, 0.1) is 17.0 Å². The molecule has 0 aliphatic carbocycles. The SMILES string of the molecule is Cc1ccc(OCC(C)(N)C(=O)O)cc1[N+](=O)[O-]. The van der Waals surface area contributed by atoms with Crippen LogP contribution in [0.1, 0.15) is 12.5 Å². The maximum atomic E-state index is 10.8. The molecule has 0 aliphatic heterocycles. The molecule has 0 radical (unpaired) electrons. The molecule has 1 rings (SSSR count). The Bertz CT molecular complexity index is 484. The van der Waals surface area contributed by atoms with Crippen LogP contribution in [-0.4, -0.2) is 28.1 Å². The second kappa shape index (κ2) is 5.01. The Morgan fingerprint density at radius 1 is 1.61 bits per heavy atom. The summed E-state index contributed by atoms with van der Waals surface area (Å²) in [6.07, 6.45) is 0. The fraction of sp³-hybridized carbons (Fsp3) is 0.364. The fourth-order valence-electron chi connectivity index (χ4n) is 1.17. The van der Waals surface area contributed by atoms with Gasteiger partial charge in [-0.3, -0.25) is 14.9 Å². The average molecular weight is 254 g/mol. The highest BCUT2D eigenvalue weighted by atomic mass is 16.6. The summed E-state index contributed by atoms with van der Waals surface area (Å²) < 4.78 is 5.17. The van der Waals surface area contributed by atoms with Crippen LogP contribution in [-0.2, 0) is 4.79 Å². The van der Waals surface area contributed by atoms with Gasteiger partial charge in [0.15, 0.2) is 0 Å². The van der Waals surface area contributed by atoms with E-state index in [1.54, 1.807) is 6.92 Å². The first-order valence-corrected chi connectivity index (χ1v) is 5.14. The normalized spacial score (nSPS) is 13.7. The van der Waals surface area contributed by atoms with Crippen molar-refractivity contribution in [2.75, 3.05) is 6.61 Å². The molecule has 0 saturated carbocycles. The zero-order chi connectivity index (χ0) is 13.9. The molecule has 0 bridgehead atoms. The maximum Gasteiger partial charge on any atom is 0.326 e. The minimum absolute atomic E-state index is 0.0819. The summed E-state index contributed by atoms with van der Waals surface area (Å²) in [4.78, 5) is 20.9. The third-order valence-corrected chi connectivity index (χ3v) is 2.40. The fourth-order valence-corrected chi connectivity index (χ4v) is 1.17. The lowest BCUT2D eigenvalue weighted by Gasteiger charge is -2.19. The molecule has 1 unspecified atom stereocenters. The van der Waals surface area contributed by atoms with E-state index in [1.807, 2.05) is 0 Å². The quantitative estimate of drug-likeness (QED) is 0.600. The average Bonchev–Trinajstić information content (AvgIpc) is 2.27. The second-order valence-corrected chi connectivity index (χ2v) is 4.22. The minimum atomic E-state index is -1.54. The van der Waals surface area contributed by atoms with E-state index in [-0.39, 0.29) is 18.0 Å².